The Hall–Kier alpha value is -1.66. The number of nitrogens with zero attached hydrogens (tertiary/aromatic N) is 4. The Morgan fingerprint density at radius 1 is 1.28 bits per heavy atom. The highest BCUT2D eigenvalue weighted by Gasteiger charge is 2.01. The van der Waals surface area contributed by atoms with Gasteiger partial charge in [0.1, 0.15) is 0 Å². The van der Waals surface area contributed by atoms with Crippen LogP contribution >= 0.6 is 0 Å². The summed E-state index contributed by atoms with van der Waals surface area (Å²) in [7, 11) is 1.71. The SMILES string of the molecule is COCCNCc1cncn1CCn1ccnc1. The van der Waals surface area contributed by atoms with Crippen molar-refractivity contribution in [3.05, 3.63) is 36.9 Å². The van der Waals surface area contributed by atoms with E-state index in [9.17, 15) is 0 Å². The van der Waals surface area contributed by atoms with E-state index in [1.165, 1.54) is 5.69 Å². The van der Waals surface area contributed by atoms with Gasteiger partial charge >= 0.3 is 0 Å². The van der Waals surface area contributed by atoms with Crippen LogP contribution in [0.4, 0.5) is 0 Å². The Labute approximate surface area is 107 Å². The van der Waals surface area contributed by atoms with Crippen LogP contribution in [0.3, 0.4) is 0 Å². The molecule has 0 fully saturated rings. The molecule has 2 heterocycles. The molecule has 0 atom stereocenters. The molecular formula is C12H19N5O. The van der Waals surface area contributed by atoms with Gasteiger partial charge in [0.05, 0.1) is 25.0 Å². The molecule has 0 saturated carbocycles. The van der Waals surface area contributed by atoms with Gasteiger partial charge in [-0.25, -0.2) is 9.97 Å². The van der Waals surface area contributed by atoms with E-state index in [0.717, 1.165) is 32.8 Å². The second kappa shape index (κ2) is 6.93. The normalized spacial score (nSPS) is 10.9. The summed E-state index contributed by atoms with van der Waals surface area (Å²) >= 11 is 0. The summed E-state index contributed by atoms with van der Waals surface area (Å²) in [6, 6.07) is 0. The Kier molecular flexibility index (Phi) is 4.92. The molecule has 2 aromatic rings. The molecule has 6 heteroatoms. The highest BCUT2D eigenvalue weighted by atomic mass is 16.5. The molecule has 6 nitrogen and oxygen atoms in total. The standard InChI is InChI=1S/C12H19N5O/c1-18-7-3-13-8-12-9-15-11-17(12)6-5-16-4-2-14-10-16/h2,4,9-11,13H,3,5-8H2,1H3. The van der Waals surface area contributed by atoms with Crippen molar-refractivity contribution in [2.24, 2.45) is 0 Å². The van der Waals surface area contributed by atoms with Gasteiger partial charge in [-0.3, -0.25) is 0 Å². The third-order valence-electron chi connectivity index (χ3n) is 2.75. The number of aromatic nitrogens is 4. The van der Waals surface area contributed by atoms with E-state index < -0.39 is 0 Å². The van der Waals surface area contributed by atoms with E-state index in [0.29, 0.717) is 0 Å². The van der Waals surface area contributed by atoms with Crippen LogP contribution in [0.25, 0.3) is 0 Å². The fraction of sp³-hybridized carbons (Fsp3) is 0.500. The molecular weight excluding hydrogens is 230 g/mol. The highest BCUT2D eigenvalue weighted by molar-refractivity contribution is 4.97. The zero-order valence-electron chi connectivity index (χ0n) is 10.6. The number of nitrogens with one attached hydrogen (secondary N) is 1. The van der Waals surface area contributed by atoms with Gasteiger partial charge in [0, 0.05) is 51.9 Å². The van der Waals surface area contributed by atoms with E-state index in [1.54, 1.807) is 13.3 Å². The van der Waals surface area contributed by atoms with Crippen molar-refractivity contribution in [3.63, 3.8) is 0 Å². The van der Waals surface area contributed by atoms with E-state index in [2.05, 4.69) is 24.4 Å². The Balaban J connectivity index is 1.79. The first-order valence-electron chi connectivity index (χ1n) is 6.04. The lowest BCUT2D eigenvalue weighted by Gasteiger charge is -2.09. The maximum absolute atomic E-state index is 4.99. The molecule has 0 aliphatic heterocycles. The Morgan fingerprint density at radius 3 is 3.00 bits per heavy atom. The molecule has 0 unspecified atom stereocenters. The topological polar surface area (TPSA) is 56.9 Å². The van der Waals surface area contributed by atoms with E-state index in [1.807, 2.05) is 25.0 Å². The lowest BCUT2D eigenvalue weighted by atomic mass is 10.4. The maximum Gasteiger partial charge on any atom is 0.0949 e. The first-order valence-corrected chi connectivity index (χ1v) is 6.04. The van der Waals surface area contributed by atoms with Gasteiger partial charge in [-0.2, -0.15) is 0 Å². The summed E-state index contributed by atoms with van der Waals surface area (Å²) in [5.74, 6) is 0. The van der Waals surface area contributed by atoms with Crippen LogP contribution < -0.4 is 5.32 Å². The van der Waals surface area contributed by atoms with Gasteiger partial charge < -0.3 is 19.2 Å². The molecule has 2 aromatic heterocycles. The van der Waals surface area contributed by atoms with Crippen LogP contribution in [0.2, 0.25) is 0 Å². The molecule has 0 aliphatic rings. The van der Waals surface area contributed by atoms with Crippen molar-refractivity contribution in [1.82, 2.24) is 24.4 Å². The van der Waals surface area contributed by atoms with Gasteiger partial charge in [0.25, 0.3) is 0 Å². The van der Waals surface area contributed by atoms with Gasteiger partial charge in [0.2, 0.25) is 0 Å². The van der Waals surface area contributed by atoms with Crippen LogP contribution in [0.1, 0.15) is 5.69 Å². The lowest BCUT2D eigenvalue weighted by molar-refractivity contribution is 0.199. The molecule has 0 bridgehead atoms. The van der Waals surface area contributed by atoms with Crippen LogP contribution in [-0.4, -0.2) is 39.4 Å². The molecule has 18 heavy (non-hydrogen) atoms. The van der Waals surface area contributed by atoms with E-state index in [-0.39, 0.29) is 0 Å². The molecule has 0 radical (unpaired) electrons. The Morgan fingerprint density at radius 2 is 2.22 bits per heavy atom. The number of ether oxygens (including phenoxy) is 1. The fourth-order valence-electron chi connectivity index (χ4n) is 1.73. The Bertz CT molecular complexity index is 437. The lowest BCUT2D eigenvalue weighted by Crippen LogP contribution is -2.20. The second-order valence-corrected chi connectivity index (χ2v) is 4.05. The average Bonchev–Trinajstić information content (AvgIpc) is 3.03. The molecule has 0 saturated heterocycles. The quantitative estimate of drug-likeness (QED) is 0.693. The third kappa shape index (κ3) is 3.68. The average molecular weight is 249 g/mol. The molecule has 0 aromatic carbocycles. The number of aryl methyl sites for hydroxylation is 2. The maximum atomic E-state index is 4.99. The summed E-state index contributed by atoms with van der Waals surface area (Å²) in [6.45, 7) is 4.19. The summed E-state index contributed by atoms with van der Waals surface area (Å²) in [5.41, 5.74) is 1.19. The highest BCUT2D eigenvalue weighted by Crippen LogP contribution is 2.00. The van der Waals surface area contributed by atoms with Crippen molar-refractivity contribution in [2.75, 3.05) is 20.3 Å². The largest absolute Gasteiger partial charge is 0.383 e. The number of imidazole rings is 2. The zero-order chi connectivity index (χ0) is 12.6. The first-order chi connectivity index (χ1) is 8.90. The third-order valence-corrected chi connectivity index (χ3v) is 2.75. The zero-order valence-corrected chi connectivity index (χ0v) is 10.6. The van der Waals surface area contributed by atoms with Crippen molar-refractivity contribution in [2.45, 2.75) is 19.6 Å². The van der Waals surface area contributed by atoms with Crippen LogP contribution in [0.5, 0.6) is 0 Å². The molecule has 0 aliphatic carbocycles. The summed E-state index contributed by atoms with van der Waals surface area (Å²) in [5, 5.41) is 3.32. The van der Waals surface area contributed by atoms with Gasteiger partial charge in [0.15, 0.2) is 0 Å². The number of methoxy groups -OCH3 is 1. The summed E-state index contributed by atoms with van der Waals surface area (Å²) in [4.78, 5) is 8.21. The molecule has 1 N–H and O–H groups in total. The minimum absolute atomic E-state index is 0.725. The molecule has 0 amide bonds. The second-order valence-electron chi connectivity index (χ2n) is 4.05. The minimum Gasteiger partial charge on any atom is -0.383 e. The van der Waals surface area contributed by atoms with Gasteiger partial charge in [-0.1, -0.05) is 0 Å². The molecule has 0 spiro atoms. The predicted molar refractivity (Wildman–Crippen MR) is 68.0 cm³/mol. The van der Waals surface area contributed by atoms with Crippen molar-refractivity contribution < 1.29 is 4.74 Å². The monoisotopic (exact) mass is 249 g/mol. The van der Waals surface area contributed by atoms with Crippen LogP contribution in [0, 0.1) is 0 Å². The number of rotatable bonds is 8. The van der Waals surface area contributed by atoms with Gasteiger partial charge in [-0.15, -0.1) is 0 Å². The molecule has 2 rings (SSSR count). The van der Waals surface area contributed by atoms with Crippen LogP contribution in [-0.2, 0) is 24.4 Å². The predicted octanol–water partition coefficient (Wildman–Crippen LogP) is 0.516. The van der Waals surface area contributed by atoms with Crippen molar-refractivity contribution in [3.8, 4) is 0 Å². The minimum atomic E-state index is 0.725. The fourth-order valence-corrected chi connectivity index (χ4v) is 1.73. The number of hydrogen-bond acceptors (Lipinski definition) is 4. The van der Waals surface area contributed by atoms with Crippen molar-refractivity contribution >= 4 is 0 Å². The van der Waals surface area contributed by atoms with E-state index >= 15 is 0 Å². The molecule has 98 valence electrons. The summed E-state index contributed by atoms with van der Waals surface area (Å²) in [6.07, 6.45) is 9.35. The number of hydrogen-bond donors (Lipinski definition) is 1. The van der Waals surface area contributed by atoms with Crippen molar-refractivity contribution in [1.29, 1.82) is 0 Å². The summed E-state index contributed by atoms with van der Waals surface area (Å²) < 4.78 is 9.20. The van der Waals surface area contributed by atoms with Crippen LogP contribution in [0.15, 0.2) is 31.2 Å². The van der Waals surface area contributed by atoms with Gasteiger partial charge in [-0.05, 0) is 0 Å². The van der Waals surface area contributed by atoms with E-state index in [4.69, 9.17) is 4.74 Å². The first kappa shape index (κ1) is 12.8. The smallest absolute Gasteiger partial charge is 0.0949 e.